The summed E-state index contributed by atoms with van der Waals surface area (Å²) in [6.45, 7) is 8.49. The van der Waals surface area contributed by atoms with Crippen LogP contribution < -0.4 is 5.32 Å². The van der Waals surface area contributed by atoms with Crippen LogP contribution in [0.5, 0.6) is 0 Å². The molecule has 0 aromatic heterocycles. The Morgan fingerprint density at radius 3 is 2.38 bits per heavy atom. The second-order valence-corrected chi connectivity index (χ2v) is 5.46. The minimum Gasteiger partial charge on any atom is -0.310 e. The Labute approximate surface area is 101 Å². The fraction of sp³-hybridized carbons (Fsp3) is 0.857. The standard InChI is InChI=1S/C14H28N2/c1-5-12(2)10-15-14-8-6-13(7-9-14)11-16(3)4/h13-15H,2,5-11H2,1,3-4H3. The number of hydrogen-bond acceptors (Lipinski definition) is 2. The van der Waals surface area contributed by atoms with Crippen molar-refractivity contribution < 1.29 is 0 Å². The highest BCUT2D eigenvalue weighted by molar-refractivity contribution is 4.96. The summed E-state index contributed by atoms with van der Waals surface area (Å²) in [6, 6.07) is 0.738. The predicted octanol–water partition coefficient (Wildman–Crippen LogP) is 2.66. The molecule has 0 radical (unpaired) electrons. The van der Waals surface area contributed by atoms with E-state index >= 15 is 0 Å². The first-order valence-corrected chi connectivity index (χ1v) is 6.66. The van der Waals surface area contributed by atoms with Crippen molar-refractivity contribution in [3.63, 3.8) is 0 Å². The van der Waals surface area contributed by atoms with Gasteiger partial charge in [0.1, 0.15) is 0 Å². The van der Waals surface area contributed by atoms with E-state index in [-0.39, 0.29) is 0 Å². The van der Waals surface area contributed by atoms with E-state index in [0.29, 0.717) is 0 Å². The van der Waals surface area contributed by atoms with Gasteiger partial charge < -0.3 is 10.2 Å². The maximum Gasteiger partial charge on any atom is 0.0164 e. The van der Waals surface area contributed by atoms with Gasteiger partial charge in [-0.1, -0.05) is 19.1 Å². The average Bonchev–Trinajstić information content (AvgIpc) is 2.27. The normalized spacial score (nSPS) is 26.0. The molecule has 0 atom stereocenters. The summed E-state index contributed by atoms with van der Waals surface area (Å²) in [5, 5.41) is 3.63. The molecule has 1 rings (SSSR count). The van der Waals surface area contributed by atoms with Crippen molar-refractivity contribution in [3.8, 4) is 0 Å². The summed E-state index contributed by atoms with van der Waals surface area (Å²) in [6.07, 6.45) is 6.55. The van der Waals surface area contributed by atoms with Gasteiger partial charge >= 0.3 is 0 Å². The van der Waals surface area contributed by atoms with Crippen molar-refractivity contribution in [1.82, 2.24) is 10.2 Å². The van der Waals surface area contributed by atoms with Crippen LogP contribution in [0.3, 0.4) is 0 Å². The van der Waals surface area contributed by atoms with E-state index in [1.807, 2.05) is 0 Å². The zero-order chi connectivity index (χ0) is 12.0. The molecule has 0 aromatic carbocycles. The van der Waals surface area contributed by atoms with Crippen LogP contribution in [0, 0.1) is 5.92 Å². The van der Waals surface area contributed by atoms with E-state index in [4.69, 9.17) is 0 Å². The van der Waals surface area contributed by atoms with E-state index in [1.165, 1.54) is 37.8 Å². The van der Waals surface area contributed by atoms with Gasteiger partial charge in [0.05, 0.1) is 0 Å². The number of rotatable bonds is 6. The van der Waals surface area contributed by atoms with Crippen LogP contribution in [0.1, 0.15) is 39.0 Å². The zero-order valence-electron chi connectivity index (χ0n) is 11.3. The largest absolute Gasteiger partial charge is 0.310 e. The van der Waals surface area contributed by atoms with Gasteiger partial charge in [-0.2, -0.15) is 0 Å². The van der Waals surface area contributed by atoms with Gasteiger partial charge in [0, 0.05) is 19.1 Å². The lowest BCUT2D eigenvalue weighted by Gasteiger charge is -2.31. The fourth-order valence-electron chi connectivity index (χ4n) is 2.48. The molecule has 0 saturated heterocycles. The van der Waals surface area contributed by atoms with E-state index in [9.17, 15) is 0 Å². The van der Waals surface area contributed by atoms with Crippen LogP contribution in [0.15, 0.2) is 12.2 Å². The van der Waals surface area contributed by atoms with Crippen molar-refractivity contribution in [1.29, 1.82) is 0 Å². The summed E-state index contributed by atoms with van der Waals surface area (Å²) >= 11 is 0. The molecule has 94 valence electrons. The first-order valence-electron chi connectivity index (χ1n) is 6.66. The fourth-order valence-corrected chi connectivity index (χ4v) is 2.48. The highest BCUT2D eigenvalue weighted by Crippen LogP contribution is 2.24. The van der Waals surface area contributed by atoms with Crippen LogP contribution >= 0.6 is 0 Å². The first-order chi connectivity index (χ1) is 7.61. The molecule has 0 aromatic rings. The number of nitrogens with zero attached hydrogens (tertiary/aromatic N) is 1. The minimum atomic E-state index is 0.738. The lowest BCUT2D eigenvalue weighted by Crippen LogP contribution is -2.36. The Kier molecular flexibility index (Phi) is 6.07. The van der Waals surface area contributed by atoms with Crippen LogP contribution in [0.2, 0.25) is 0 Å². The predicted molar refractivity (Wildman–Crippen MR) is 71.7 cm³/mol. The van der Waals surface area contributed by atoms with Crippen molar-refractivity contribution in [2.24, 2.45) is 5.92 Å². The molecule has 1 N–H and O–H groups in total. The summed E-state index contributed by atoms with van der Waals surface area (Å²) in [5.41, 5.74) is 1.33. The molecule has 1 saturated carbocycles. The third-order valence-corrected chi connectivity index (χ3v) is 3.61. The van der Waals surface area contributed by atoms with Crippen LogP contribution in [-0.2, 0) is 0 Å². The summed E-state index contributed by atoms with van der Waals surface area (Å²) < 4.78 is 0. The topological polar surface area (TPSA) is 15.3 Å². The third kappa shape index (κ3) is 5.13. The molecular formula is C14H28N2. The summed E-state index contributed by atoms with van der Waals surface area (Å²) in [5.74, 6) is 0.919. The first kappa shape index (κ1) is 13.7. The molecule has 16 heavy (non-hydrogen) atoms. The molecule has 0 amide bonds. The van der Waals surface area contributed by atoms with Gasteiger partial charge in [-0.3, -0.25) is 0 Å². The van der Waals surface area contributed by atoms with Crippen LogP contribution in [0.4, 0.5) is 0 Å². The zero-order valence-corrected chi connectivity index (χ0v) is 11.3. The summed E-state index contributed by atoms with van der Waals surface area (Å²) in [4.78, 5) is 2.32. The maximum absolute atomic E-state index is 4.04. The van der Waals surface area contributed by atoms with Gasteiger partial charge in [0.25, 0.3) is 0 Å². The molecule has 0 heterocycles. The van der Waals surface area contributed by atoms with Crippen molar-refractivity contribution in [2.45, 2.75) is 45.1 Å². The number of hydrogen-bond donors (Lipinski definition) is 1. The highest BCUT2D eigenvalue weighted by atomic mass is 15.1. The molecule has 2 heteroatoms. The Morgan fingerprint density at radius 2 is 1.88 bits per heavy atom. The van der Waals surface area contributed by atoms with Crippen LogP contribution in [0.25, 0.3) is 0 Å². The molecule has 0 spiro atoms. The second kappa shape index (κ2) is 7.08. The van der Waals surface area contributed by atoms with Crippen molar-refractivity contribution in [3.05, 3.63) is 12.2 Å². The molecule has 1 aliphatic carbocycles. The lowest BCUT2D eigenvalue weighted by molar-refractivity contribution is 0.236. The monoisotopic (exact) mass is 224 g/mol. The lowest BCUT2D eigenvalue weighted by atomic mass is 9.85. The summed E-state index contributed by atoms with van der Waals surface area (Å²) in [7, 11) is 4.35. The van der Waals surface area contributed by atoms with Crippen LogP contribution in [-0.4, -0.2) is 38.1 Å². The van der Waals surface area contributed by atoms with E-state index in [2.05, 4.69) is 37.8 Å². The van der Waals surface area contributed by atoms with Crippen molar-refractivity contribution >= 4 is 0 Å². The van der Waals surface area contributed by atoms with E-state index in [1.54, 1.807) is 0 Å². The molecular weight excluding hydrogens is 196 g/mol. The second-order valence-electron chi connectivity index (χ2n) is 5.46. The molecule has 0 bridgehead atoms. The Balaban J connectivity index is 2.14. The molecule has 2 nitrogen and oxygen atoms in total. The van der Waals surface area contributed by atoms with Crippen molar-refractivity contribution in [2.75, 3.05) is 27.2 Å². The molecule has 0 aliphatic heterocycles. The van der Waals surface area contributed by atoms with Gasteiger partial charge in [-0.05, 0) is 52.1 Å². The maximum atomic E-state index is 4.04. The quantitative estimate of drug-likeness (QED) is 0.698. The third-order valence-electron chi connectivity index (χ3n) is 3.61. The van der Waals surface area contributed by atoms with Gasteiger partial charge in [-0.15, -0.1) is 0 Å². The average molecular weight is 224 g/mol. The van der Waals surface area contributed by atoms with E-state index < -0.39 is 0 Å². The Morgan fingerprint density at radius 1 is 1.25 bits per heavy atom. The van der Waals surface area contributed by atoms with Gasteiger partial charge in [-0.25, -0.2) is 0 Å². The Bertz CT molecular complexity index is 203. The SMILES string of the molecule is C=C(CC)CNC1CCC(CN(C)C)CC1. The Hall–Kier alpha value is -0.340. The molecule has 1 fully saturated rings. The molecule has 0 unspecified atom stereocenters. The van der Waals surface area contributed by atoms with Gasteiger partial charge in [0.2, 0.25) is 0 Å². The minimum absolute atomic E-state index is 0.738. The highest BCUT2D eigenvalue weighted by Gasteiger charge is 2.20. The van der Waals surface area contributed by atoms with Gasteiger partial charge in [0.15, 0.2) is 0 Å². The smallest absolute Gasteiger partial charge is 0.0164 e. The molecule has 1 aliphatic rings. The number of nitrogens with one attached hydrogen (secondary N) is 1. The van der Waals surface area contributed by atoms with E-state index in [0.717, 1.165) is 24.9 Å².